The Bertz CT molecular complexity index is 544. The van der Waals surface area contributed by atoms with E-state index in [4.69, 9.17) is 4.74 Å². The second-order valence-electron chi connectivity index (χ2n) is 4.03. The van der Waals surface area contributed by atoms with Crippen molar-refractivity contribution in [2.45, 2.75) is 0 Å². The molecule has 1 aliphatic rings. The highest BCUT2D eigenvalue weighted by molar-refractivity contribution is 6.02. The van der Waals surface area contributed by atoms with Crippen molar-refractivity contribution in [3.8, 4) is 0 Å². The summed E-state index contributed by atoms with van der Waals surface area (Å²) in [6.07, 6.45) is 0.819. The first-order valence-corrected chi connectivity index (χ1v) is 5.65. The molecule has 3 rings (SSSR count). The van der Waals surface area contributed by atoms with Crippen molar-refractivity contribution in [1.82, 2.24) is 10.2 Å². The number of ether oxygens (including phenoxy) is 1. The summed E-state index contributed by atoms with van der Waals surface area (Å²) in [6, 6.07) is 5.89. The van der Waals surface area contributed by atoms with Crippen molar-refractivity contribution >= 4 is 22.9 Å². The Kier molecular flexibility index (Phi) is 2.53. The predicted octanol–water partition coefficient (Wildman–Crippen LogP) is 1.21. The Morgan fingerprint density at radius 2 is 2.18 bits per heavy atom. The minimum absolute atomic E-state index is 0.544. The molecule has 1 saturated heterocycles. The maximum Gasteiger partial charge on any atom is 0.168 e. The smallest absolute Gasteiger partial charge is 0.168 e. The minimum Gasteiger partial charge on any atom is -0.378 e. The quantitative estimate of drug-likeness (QED) is 0.789. The summed E-state index contributed by atoms with van der Waals surface area (Å²) in [5, 5.41) is 7.80. The van der Waals surface area contributed by atoms with Gasteiger partial charge in [0, 0.05) is 18.8 Å². The highest BCUT2D eigenvalue weighted by Crippen LogP contribution is 2.28. The van der Waals surface area contributed by atoms with Gasteiger partial charge < -0.3 is 9.64 Å². The molecule has 17 heavy (non-hydrogen) atoms. The second-order valence-corrected chi connectivity index (χ2v) is 4.03. The molecule has 1 fully saturated rings. The van der Waals surface area contributed by atoms with Gasteiger partial charge in [-0.2, -0.15) is 5.10 Å². The number of rotatable bonds is 2. The fourth-order valence-corrected chi connectivity index (χ4v) is 2.23. The third kappa shape index (κ3) is 1.68. The normalized spacial score (nSPS) is 16.4. The van der Waals surface area contributed by atoms with E-state index in [1.54, 1.807) is 0 Å². The van der Waals surface area contributed by atoms with Crippen LogP contribution in [0.1, 0.15) is 10.5 Å². The average molecular weight is 231 g/mol. The minimum atomic E-state index is 0.544. The molecule has 1 aliphatic heterocycles. The standard InChI is InChI=1S/C12H13N3O2/c16-8-10-12-9(13-14-10)2-1-3-11(12)15-4-6-17-7-5-15/h1-3,8H,4-7H2,(H,13,14). The summed E-state index contributed by atoms with van der Waals surface area (Å²) in [4.78, 5) is 13.2. The van der Waals surface area contributed by atoms with Crippen LogP contribution >= 0.6 is 0 Å². The largest absolute Gasteiger partial charge is 0.378 e. The van der Waals surface area contributed by atoms with E-state index in [2.05, 4.69) is 15.1 Å². The Hall–Kier alpha value is -1.88. The first kappa shape index (κ1) is 10.3. The van der Waals surface area contributed by atoms with Gasteiger partial charge in [0.15, 0.2) is 6.29 Å². The van der Waals surface area contributed by atoms with E-state index in [-0.39, 0.29) is 0 Å². The Balaban J connectivity index is 2.13. The van der Waals surface area contributed by atoms with Crippen molar-refractivity contribution in [1.29, 1.82) is 0 Å². The zero-order valence-electron chi connectivity index (χ0n) is 9.35. The Labute approximate surface area is 98.4 Å². The average Bonchev–Trinajstić information content (AvgIpc) is 2.82. The van der Waals surface area contributed by atoms with Gasteiger partial charge in [0.25, 0.3) is 0 Å². The highest BCUT2D eigenvalue weighted by Gasteiger charge is 2.16. The molecule has 0 radical (unpaired) electrons. The summed E-state index contributed by atoms with van der Waals surface area (Å²) in [6.45, 7) is 3.15. The van der Waals surface area contributed by atoms with Crippen LogP contribution in [0.4, 0.5) is 5.69 Å². The summed E-state index contributed by atoms with van der Waals surface area (Å²) in [7, 11) is 0. The second kappa shape index (κ2) is 4.18. The van der Waals surface area contributed by atoms with Crippen LogP contribution in [0.5, 0.6) is 0 Å². The molecule has 1 aromatic heterocycles. The Morgan fingerprint density at radius 3 is 2.94 bits per heavy atom. The molecule has 0 saturated carbocycles. The van der Waals surface area contributed by atoms with E-state index in [1.165, 1.54) is 0 Å². The van der Waals surface area contributed by atoms with Crippen molar-refractivity contribution in [3.63, 3.8) is 0 Å². The van der Waals surface area contributed by atoms with E-state index < -0.39 is 0 Å². The molecule has 0 amide bonds. The van der Waals surface area contributed by atoms with E-state index in [9.17, 15) is 4.79 Å². The molecule has 0 aliphatic carbocycles. The summed E-state index contributed by atoms with van der Waals surface area (Å²) in [5.74, 6) is 0. The molecule has 5 heteroatoms. The zero-order valence-corrected chi connectivity index (χ0v) is 9.35. The van der Waals surface area contributed by atoms with Crippen molar-refractivity contribution < 1.29 is 9.53 Å². The number of nitrogens with zero attached hydrogens (tertiary/aromatic N) is 2. The lowest BCUT2D eigenvalue weighted by Crippen LogP contribution is -2.36. The molecule has 1 aromatic carbocycles. The first-order valence-electron chi connectivity index (χ1n) is 5.65. The van der Waals surface area contributed by atoms with Crippen molar-refractivity contribution in [3.05, 3.63) is 23.9 Å². The number of nitrogens with one attached hydrogen (secondary N) is 1. The first-order chi connectivity index (χ1) is 8.40. The van der Waals surface area contributed by atoms with E-state index in [0.717, 1.165) is 49.2 Å². The van der Waals surface area contributed by atoms with Crippen molar-refractivity contribution in [2.24, 2.45) is 0 Å². The fraction of sp³-hybridized carbons (Fsp3) is 0.333. The number of carbonyl (C=O) groups excluding carboxylic acids is 1. The number of aldehydes is 1. The number of H-pyrrole nitrogens is 1. The molecular weight excluding hydrogens is 218 g/mol. The zero-order chi connectivity index (χ0) is 11.7. The van der Waals surface area contributed by atoms with Crippen molar-refractivity contribution in [2.75, 3.05) is 31.2 Å². The number of aromatic nitrogens is 2. The van der Waals surface area contributed by atoms with Gasteiger partial charge in [-0.1, -0.05) is 6.07 Å². The topological polar surface area (TPSA) is 58.2 Å². The number of anilines is 1. The maximum atomic E-state index is 11.0. The van der Waals surface area contributed by atoms with Crippen LogP contribution in [-0.4, -0.2) is 42.8 Å². The molecule has 0 spiro atoms. The van der Waals surface area contributed by atoms with Gasteiger partial charge >= 0.3 is 0 Å². The lowest BCUT2D eigenvalue weighted by molar-refractivity contribution is 0.112. The van der Waals surface area contributed by atoms with E-state index in [0.29, 0.717) is 5.69 Å². The van der Waals surface area contributed by atoms with Crippen LogP contribution in [0, 0.1) is 0 Å². The number of aromatic amines is 1. The van der Waals surface area contributed by atoms with Gasteiger partial charge in [0.05, 0.1) is 24.1 Å². The van der Waals surface area contributed by atoms with Gasteiger partial charge in [-0.15, -0.1) is 0 Å². The monoisotopic (exact) mass is 231 g/mol. The lowest BCUT2D eigenvalue weighted by atomic mass is 10.1. The molecule has 2 aromatic rings. The molecule has 0 unspecified atom stereocenters. The highest BCUT2D eigenvalue weighted by atomic mass is 16.5. The summed E-state index contributed by atoms with van der Waals surface area (Å²) >= 11 is 0. The molecule has 0 bridgehead atoms. The van der Waals surface area contributed by atoms with Crippen LogP contribution in [0.2, 0.25) is 0 Å². The van der Waals surface area contributed by atoms with Gasteiger partial charge in [0.2, 0.25) is 0 Å². The summed E-state index contributed by atoms with van der Waals surface area (Å²) in [5.41, 5.74) is 2.43. The molecule has 0 atom stereocenters. The lowest BCUT2D eigenvalue weighted by Gasteiger charge is -2.29. The van der Waals surface area contributed by atoms with Gasteiger partial charge in [-0.05, 0) is 12.1 Å². The molecule has 5 nitrogen and oxygen atoms in total. The van der Waals surface area contributed by atoms with E-state index in [1.807, 2.05) is 18.2 Å². The number of morpholine rings is 1. The van der Waals surface area contributed by atoms with Gasteiger partial charge in [-0.25, -0.2) is 0 Å². The third-order valence-corrected chi connectivity index (χ3v) is 3.06. The number of carbonyl (C=O) groups is 1. The van der Waals surface area contributed by atoms with Crippen LogP contribution < -0.4 is 4.90 Å². The number of hydrogen-bond acceptors (Lipinski definition) is 4. The maximum absolute atomic E-state index is 11.0. The number of benzene rings is 1. The Morgan fingerprint density at radius 1 is 1.35 bits per heavy atom. The molecule has 1 N–H and O–H groups in total. The third-order valence-electron chi connectivity index (χ3n) is 3.06. The molecule has 2 heterocycles. The fourth-order valence-electron chi connectivity index (χ4n) is 2.23. The summed E-state index contributed by atoms with van der Waals surface area (Å²) < 4.78 is 5.34. The van der Waals surface area contributed by atoms with E-state index >= 15 is 0 Å². The van der Waals surface area contributed by atoms with Crippen LogP contribution in [0.25, 0.3) is 10.9 Å². The van der Waals surface area contributed by atoms with Crippen LogP contribution in [0.3, 0.4) is 0 Å². The number of fused-ring (bicyclic) bond motifs is 1. The van der Waals surface area contributed by atoms with Gasteiger partial charge in [0.1, 0.15) is 5.69 Å². The number of hydrogen-bond donors (Lipinski definition) is 1. The SMILES string of the molecule is O=Cc1[nH]nc2cccc(N3CCOCC3)c12. The van der Waals surface area contributed by atoms with Gasteiger partial charge in [-0.3, -0.25) is 9.89 Å². The molecular formula is C12H13N3O2. The molecule has 88 valence electrons. The van der Waals surface area contributed by atoms with Crippen LogP contribution in [0.15, 0.2) is 18.2 Å². The predicted molar refractivity (Wildman–Crippen MR) is 64.5 cm³/mol. The van der Waals surface area contributed by atoms with Crippen LogP contribution in [-0.2, 0) is 4.74 Å².